The van der Waals surface area contributed by atoms with E-state index in [9.17, 15) is 0 Å². The average Bonchev–Trinajstić information content (AvgIpc) is 3.39. The molecule has 8 nitrogen and oxygen atoms in total. The minimum atomic E-state index is 0.321. The summed E-state index contributed by atoms with van der Waals surface area (Å²) >= 11 is 0. The third-order valence-electron chi connectivity index (χ3n) is 6.24. The highest BCUT2D eigenvalue weighted by Crippen LogP contribution is 2.20. The Bertz CT molecular complexity index is 1120. The van der Waals surface area contributed by atoms with Gasteiger partial charge >= 0.3 is 0 Å². The lowest BCUT2D eigenvalue weighted by Crippen LogP contribution is -2.45. The number of rotatable bonds is 6. The van der Waals surface area contributed by atoms with Crippen LogP contribution in [-0.2, 0) is 13.1 Å². The molecule has 0 saturated carbocycles. The first-order valence-corrected chi connectivity index (χ1v) is 11.6. The molecule has 1 aliphatic rings. The molecule has 0 atom stereocenters. The van der Waals surface area contributed by atoms with Crippen molar-refractivity contribution in [2.75, 3.05) is 26.2 Å². The molecule has 0 N–H and O–H groups in total. The predicted octanol–water partition coefficient (Wildman–Crippen LogP) is 3.66. The van der Waals surface area contributed by atoms with Gasteiger partial charge in [0.15, 0.2) is 11.3 Å². The molecule has 0 aromatic carbocycles. The van der Waals surface area contributed by atoms with Crippen LogP contribution in [0.4, 0.5) is 0 Å². The lowest BCUT2D eigenvalue weighted by Gasteiger charge is -2.34. The van der Waals surface area contributed by atoms with E-state index < -0.39 is 0 Å². The van der Waals surface area contributed by atoms with Crippen LogP contribution < -0.4 is 0 Å². The number of aromatic nitrogens is 6. The Morgan fingerprint density at radius 3 is 1.44 bits per heavy atom. The maximum Gasteiger partial charge on any atom is 0.157 e. The smallest absolute Gasteiger partial charge is 0.157 e. The van der Waals surface area contributed by atoms with Crippen LogP contribution in [0.15, 0.2) is 36.9 Å². The average molecular weight is 433 g/mol. The quantitative estimate of drug-likeness (QED) is 0.463. The standard InChI is InChI=1S/C24H32N8/c1-17(2)31-23-21(13-27-31)9-19(11-25-23)15-29-5-7-30(8-6-29)16-20-10-22-14-28-32(18(3)4)24(22)26-12-20/h9-14,17-18H,5-8,15-16H2,1-4H3. The first kappa shape index (κ1) is 21.0. The highest BCUT2D eigenvalue weighted by atomic mass is 15.3. The van der Waals surface area contributed by atoms with Crippen LogP contribution >= 0.6 is 0 Å². The number of hydrogen-bond acceptors (Lipinski definition) is 6. The molecule has 32 heavy (non-hydrogen) atoms. The SMILES string of the molecule is CC(C)n1ncc2cc(CN3CCN(Cc4cnc5c(cnn5C(C)C)c4)CC3)cnc21. The molecule has 0 amide bonds. The Labute approximate surface area is 188 Å². The molecular formula is C24H32N8. The first-order valence-electron chi connectivity index (χ1n) is 11.6. The van der Waals surface area contributed by atoms with Crippen LogP contribution in [0.2, 0.25) is 0 Å². The van der Waals surface area contributed by atoms with Crippen molar-refractivity contribution in [2.45, 2.75) is 52.9 Å². The molecule has 1 fully saturated rings. The van der Waals surface area contributed by atoms with Gasteiger partial charge in [0.25, 0.3) is 0 Å². The van der Waals surface area contributed by atoms with Crippen LogP contribution in [0.25, 0.3) is 22.1 Å². The molecule has 5 rings (SSSR count). The fourth-order valence-electron chi connectivity index (χ4n) is 4.52. The molecule has 0 spiro atoms. The number of hydrogen-bond donors (Lipinski definition) is 0. The summed E-state index contributed by atoms with van der Waals surface area (Å²) in [6, 6.07) is 5.11. The zero-order valence-corrected chi connectivity index (χ0v) is 19.4. The molecule has 0 aliphatic carbocycles. The van der Waals surface area contributed by atoms with Crippen molar-refractivity contribution in [1.29, 1.82) is 0 Å². The van der Waals surface area contributed by atoms with Crippen molar-refractivity contribution in [3.8, 4) is 0 Å². The molecule has 1 aliphatic heterocycles. The van der Waals surface area contributed by atoms with Gasteiger partial charge in [0.2, 0.25) is 0 Å². The van der Waals surface area contributed by atoms with E-state index in [0.717, 1.165) is 61.3 Å². The van der Waals surface area contributed by atoms with Crippen molar-refractivity contribution in [1.82, 2.24) is 39.3 Å². The van der Waals surface area contributed by atoms with E-state index >= 15 is 0 Å². The molecule has 0 bridgehead atoms. The molecule has 4 aromatic rings. The van der Waals surface area contributed by atoms with Gasteiger partial charge in [0.1, 0.15) is 0 Å². The highest BCUT2D eigenvalue weighted by Gasteiger charge is 2.18. The maximum absolute atomic E-state index is 4.69. The minimum Gasteiger partial charge on any atom is -0.296 e. The van der Waals surface area contributed by atoms with Crippen molar-refractivity contribution in [2.24, 2.45) is 0 Å². The second kappa shape index (κ2) is 8.60. The van der Waals surface area contributed by atoms with Gasteiger partial charge in [-0.15, -0.1) is 0 Å². The summed E-state index contributed by atoms with van der Waals surface area (Å²) < 4.78 is 3.97. The molecular weight excluding hydrogens is 400 g/mol. The summed E-state index contributed by atoms with van der Waals surface area (Å²) in [7, 11) is 0. The molecule has 0 radical (unpaired) electrons. The van der Waals surface area contributed by atoms with E-state index in [-0.39, 0.29) is 0 Å². The van der Waals surface area contributed by atoms with E-state index in [1.54, 1.807) is 0 Å². The van der Waals surface area contributed by atoms with Crippen LogP contribution in [0, 0.1) is 0 Å². The zero-order chi connectivity index (χ0) is 22.2. The number of pyridine rings is 2. The third kappa shape index (κ3) is 4.12. The molecule has 1 saturated heterocycles. The van der Waals surface area contributed by atoms with Gasteiger partial charge in [-0.25, -0.2) is 19.3 Å². The third-order valence-corrected chi connectivity index (χ3v) is 6.24. The summed E-state index contributed by atoms with van der Waals surface area (Å²) in [4.78, 5) is 14.4. The molecule has 4 aromatic heterocycles. The van der Waals surface area contributed by atoms with Crippen molar-refractivity contribution >= 4 is 22.1 Å². The largest absolute Gasteiger partial charge is 0.296 e. The zero-order valence-electron chi connectivity index (χ0n) is 19.4. The second-order valence-corrected chi connectivity index (χ2v) is 9.43. The van der Waals surface area contributed by atoms with Gasteiger partial charge in [0, 0.05) is 74.5 Å². The summed E-state index contributed by atoms with van der Waals surface area (Å²) in [5, 5.41) is 11.2. The van der Waals surface area contributed by atoms with Crippen molar-refractivity contribution in [3.05, 3.63) is 48.0 Å². The Kier molecular flexibility index (Phi) is 5.65. The number of nitrogens with zero attached hydrogens (tertiary/aromatic N) is 8. The minimum absolute atomic E-state index is 0.321. The van der Waals surface area contributed by atoms with E-state index in [1.807, 2.05) is 34.2 Å². The van der Waals surface area contributed by atoms with E-state index in [0.29, 0.717) is 12.1 Å². The fraction of sp³-hybridized carbons (Fsp3) is 0.500. The van der Waals surface area contributed by atoms with E-state index in [4.69, 9.17) is 0 Å². The number of fused-ring (bicyclic) bond motifs is 2. The maximum atomic E-state index is 4.69. The Hall–Kier alpha value is -2.84. The first-order chi connectivity index (χ1) is 15.5. The van der Waals surface area contributed by atoms with Gasteiger partial charge < -0.3 is 0 Å². The Balaban J connectivity index is 1.18. The van der Waals surface area contributed by atoms with Crippen LogP contribution in [0.3, 0.4) is 0 Å². The van der Waals surface area contributed by atoms with Gasteiger partial charge in [-0.05, 0) is 51.0 Å². The van der Waals surface area contributed by atoms with Crippen molar-refractivity contribution < 1.29 is 0 Å². The van der Waals surface area contributed by atoms with Gasteiger partial charge in [-0.1, -0.05) is 0 Å². The molecule has 8 heteroatoms. The van der Waals surface area contributed by atoms with Gasteiger partial charge in [-0.2, -0.15) is 10.2 Å². The van der Waals surface area contributed by atoms with E-state index in [2.05, 4.69) is 69.8 Å². The summed E-state index contributed by atoms with van der Waals surface area (Å²) in [6.07, 6.45) is 7.87. The lowest BCUT2D eigenvalue weighted by molar-refractivity contribution is 0.122. The summed E-state index contributed by atoms with van der Waals surface area (Å²) in [5.41, 5.74) is 4.45. The topological polar surface area (TPSA) is 67.9 Å². The van der Waals surface area contributed by atoms with Crippen LogP contribution in [0.1, 0.15) is 50.9 Å². The molecule has 168 valence electrons. The highest BCUT2D eigenvalue weighted by molar-refractivity contribution is 5.75. The lowest BCUT2D eigenvalue weighted by atomic mass is 10.2. The molecule has 0 unspecified atom stereocenters. The van der Waals surface area contributed by atoms with Crippen molar-refractivity contribution in [3.63, 3.8) is 0 Å². The molecule has 5 heterocycles. The predicted molar refractivity (Wildman–Crippen MR) is 126 cm³/mol. The second-order valence-electron chi connectivity index (χ2n) is 9.43. The summed E-state index contributed by atoms with van der Waals surface area (Å²) in [6.45, 7) is 14.6. The van der Waals surface area contributed by atoms with E-state index in [1.165, 1.54) is 11.1 Å². The monoisotopic (exact) mass is 432 g/mol. The summed E-state index contributed by atoms with van der Waals surface area (Å²) in [5.74, 6) is 0. The Morgan fingerprint density at radius 1 is 0.656 bits per heavy atom. The van der Waals surface area contributed by atoms with Crippen LogP contribution in [0.5, 0.6) is 0 Å². The fourth-order valence-corrected chi connectivity index (χ4v) is 4.52. The normalized spacial score (nSPS) is 16.2. The Morgan fingerprint density at radius 2 is 1.06 bits per heavy atom. The van der Waals surface area contributed by atoms with Gasteiger partial charge in [-0.3, -0.25) is 9.80 Å². The van der Waals surface area contributed by atoms with Gasteiger partial charge in [0.05, 0.1) is 12.4 Å². The van der Waals surface area contributed by atoms with Crippen LogP contribution in [-0.4, -0.2) is 65.5 Å². The number of piperazine rings is 1.